The summed E-state index contributed by atoms with van der Waals surface area (Å²) in [6.45, 7) is -0.328. The number of carbonyl (C=O) groups is 2. The van der Waals surface area contributed by atoms with Gasteiger partial charge in [-0.3, -0.25) is 4.79 Å². The van der Waals surface area contributed by atoms with E-state index in [1.807, 2.05) is 18.2 Å². The molecule has 2 aromatic carbocycles. The van der Waals surface area contributed by atoms with E-state index in [0.29, 0.717) is 15.7 Å². The second-order valence-electron chi connectivity index (χ2n) is 4.08. The lowest BCUT2D eigenvalue weighted by atomic mass is 10.2. The van der Waals surface area contributed by atoms with Crippen molar-refractivity contribution >= 4 is 56.1 Å². The highest BCUT2D eigenvalue weighted by molar-refractivity contribution is 14.1. The first-order chi connectivity index (χ1) is 10.1. The minimum atomic E-state index is -0.541. The third-order valence-corrected chi connectivity index (χ3v) is 4.21. The summed E-state index contributed by atoms with van der Waals surface area (Å²) in [6.07, 6.45) is 0. The Kier molecular flexibility index (Phi) is 5.75. The monoisotopic (exact) mass is 459 g/mol. The number of rotatable bonds is 4. The molecule has 0 radical (unpaired) electrons. The molecule has 0 unspecified atom stereocenters. The van der Waals surface area contributed by atoms with Gasteiger partial charge in [-0.05, 0) is 62.8 Å². The van der Waals surface area contributed by atoms with E-state index in [0.717, 1.165) is 3.57 Å². The third-order valence-electron chi connectivity index (χ3n) is 2.58. The van der Waals surface area contributed by atoms with E-state index in [1.54, 1.807) is 30.3 Å². The van der Waals surface area contributed by atoms with Crippen molar-refractivity contribution in [3.8, 4) is 0 Å². The summed E-state index contributed by atoms with van der Waals surface area (Å²) in [5.41, 5.74) is 1.08. The van der Waals surface area contributed by atoms with E-state index in [9.17, 15) is 9.59 Å². The normalized spacial score (nSPS) is 10.0. The maximum Gasteiger partial charge on any atom is 0.339 e. The number of esters is 1. The van der Waals surface area contributed by atoms with Crippen LogP contribution in [0.25, 0.3) is 0 Å². The maximum atomic E-state index is 11.9. The molecule has 0 aliphatic rings. The second kappa shape index (κ2) is 7.56. The molecule has 21 heavy (non-hydrogen) atoms. The zero-order valence-corrected chi connectivity index (χ0v) is 14.6. The van der Waals surface area contributed by atoms with Crippen molar-refractivity contribution in [3.63, 3.8) is 0 Å². The summed E-state index contributed by atoms with van der Waals surface area (Å²) < 4.78 is 6.55. The van der Waals surface area contributed by atoms with E-state index in [2.05, 4.69) is 43.8 Å². The molecule has 0 heterocycles. The number of halogens is 2. The Morgan fingerprint density at radius 2 is 1.76 bits per heavy atom. The van der Waals surface area contributed by atoms with Gasteiger partial charge in [-0.2, -0.15) is 0 Å². The lowest BCUT2D eigenvalue weighted by Gasteiger charge is -2.08. The highest BCUT2D eigenvalue weighted by Gasteiger charge is 2.13. The molecular weight excluding hydrogens is 449 g/mol. The molecule has 2 aromatic rings. The SMILES string of the molecule is O=C(COC(=O)c1ccccc1Br)Nc1ccccc1I. The summed E-state index contributed by atoms with van der Waals surface area (Å²) >= 11 is 5.39. The third kappa shape index (κ3) is 4.53. The van der Waals surface area contributed by atoms with Gasteiger partial charge in [0.25, 0.3) is 5.91 Å². The van der Waals surface area contributed by atoms with Crippen LogP contribution in [-0.4, -0.2) is 18.5 Å². The molecule has 1 N–H and O–H groups in total. The van der Waals surface area contributed by atoms with Crippen LogP contribution < -0.4 is 5.32 Å². The minimum Gasteiger partial charge on any atom is -0.452 e. The Hall–Kier alpha value is -1.41. The van der Waals surface area contributed by atoms with Crippen molar-refractivity contribution in [1.29, 1.82) is 0 Å². The van der Waals surface area contributed by atoms with Gasteiger partial charge in [-0.15, -0.1) is 0 Å². The molecule has 108 valence electrons. The number of carbonyl (C=O) groups excluding carboxylic acids is 2. The standard InChI is InChI=1S/C15H11BrINO3/c16-11-6-2-1-5-10(11)15(20)21-9-14(19)18-13-8-4-3-7-12(13)17/h1-8H,9H2,(H,18,19). The fraction of sp³-hybridized carbons (Fsp3) is 0.0667. The van der Waals surface area contributed by atoms with Gasteiger partial charge in [-0.25, -0.2) is 4.79 Å². The van der Waals surface area contributed by atoms with Crippen LogP contribution in [0.5, 0.6) is 0 Å². The summed E-state index contributed by atoms with van der Waals surface area (Å²) in [4.78, 5) is 23.6. The van der Waals surface area contributed by atoms with Crippen molar-refractivity contribution in [2.75, 3.05) is 11.9 Å². The average Bonchev–Trinajstić information content (AvgIpc) is 2.48. The van der Waals surface area contributed by atoms with Crippen molar-refractivity contribution in [2.45, 2.75) is 0 Å². The molecule has 0 saturated heterocycles. The molecule has 0 bridgehead atoms. The van der Waals surface area contributed by atoms with E-state index < -0.39 is 5.97 Å². The van der Waals surface area contributed by atoms with Crippen LogP contribution in [0.4, 0.5) is 5.69 Å². The number of anilines is 1. The van der Waals surface area contributed by atoms with Gasteiger partial charge < -0.3 is 10.1 Å². The van der Waals surface area contributed by atoms with Crippen LogP contribution in [0.3, 0.4) is 0 Å². The molecule has 2 rings (SSSR count). The van der Waals surface area contributed by atoms with Gasteiger partial charge in [0, 0.05) is 8.04 Å². The largest absolute Gasteiger partial charge is 0.452 e. The van der Waals surface area contributed by atoms with E-state index in [1.165, 1.54) is 0 Å². The predicted octanol–water partition coefficient (Wildman–Crippen LogP) is 3.85. The van der Waals surface area contributed by atoms with Crippen molar-refractivity contribution in [3.05, 3.63) is 62.1 Å². The molecule has 0 fully saturated rings. The topological polar surface area (TPSA) is 55.4 Å². The minimum absolute atomic E-state index is 0.328. The van der Waals surface area contributed by atoms with E-state index >= 15 is 0 Å². The van der Waals surface area contributed by atoms with Crippen LogP contribution >= 0.6 is 38.5 Å². The van der Waals surface area contributed by atoms with Crippen LogP contribution in [0.1, 0.15) is 10.4 Å². The van der Waals surface area contributed by atoms with Gasteiger partial charge >= 0.3 is 5.97 Å². The van der Waals surface area contributed by atoms with Gasteiger partial charge in [0.1, 0.15) is 0 Å². The van der Waals surface area contributed by atoms with Crippen LogP contribution in [0.2, 0.25) is 0 Å². The Bertz CT molecular complexity index is 675. The first kappa shape index (κ1) is 16.0. The lowest BCUT2D eigenvalue weighted by molar-refractivity contribution is -0.119. The molecule has 0 spiro atoms. The molecule has 0 aliphatic carbocycles. The highest BCUT2D eigenvalue weighted by atomic mass is 127. The van der Waals surface area contributed by atoms with Gasteiger partial charge in [0.2, 0.25) is 0 Å². The Morgan fingerprint density at radius 1 is 1.10 bits per heavy atom. The lowest BCUT2D eigenvalue weighted by Crippen LogP contribution is -2.21. The number of hydrogen-bond acceptors (Lipinski definition) is 3. The number of nitrogens with one attached hydrogen (secondary N) is 1. The molecule has 0 atom stereocenters. The molecule has 4 nitrogen and oxygen atoms in total. The smallest absolute Gasteiger partial charge is 0.339 e. The number of para-hydroxylation sites is 1. The van der Waals surface area contributed by atoms with Gasteiger partial charge in [0.15, 0.2) is 6.61 Å². The molecule has 0 aromatic heterocycles. The quantitative estimate of drug-likeness (QED) is 0.558. The zero-order chi connectivity index (χ0) is 15.2. The maximum absolute atomic E-state index is 11.9. The first-order valence-corrected chi connectivity index (χ1v) is 7.91. The molecule has 6 heteroatoms. The number of amides is 1. The van der Waals surface area contributed by atoms with E-state index in [4.69, 9.17) is 4.74 Å². The molecule has 0 aliphatic heterocycles. The molecule has 1 amide bonds. The summed E-state index contributed by atoms with van der Waals surface area (Å²) in [5.74, 6) is -0.917. The number of hydrogen-bond donors (Lipinski definition) is 1. The van der Waals surface area contributed by atoms with Crippen LogP contribution in [-0.2, 0) is 9.53 Å². The van der Waals surface area contributed by atoms with Crippen LogP contribution in [0.15, 0.2) is 53.0 Å². The first-order valence-electron chi connectivity index (χ1n) is 6.04. The summed E-state index contributed by atoms with van der Waals surface area (Å²) in [6, 6.07) is 14.3. The molecule has 0 saturated carbocycles. The summed E-state index contributed by atoms with van der Waals surface area (Å²) in [7, 11) is 0. The summed E-state index contributed by atoms with van der Waals surface area (Å²) in [5, 5.41) is 2.70. The van der Waals surface area contributed by atoms with Gasteiger partial charge in [0.05, 0.1) is 11.3 Å². The average molecular weight is 460 g/mol. The number of ether oxygens (including phenoxy) is 1. The fourth-order valence-electron chi connectivity index (χ4n) is 1.58. The zero-order valence-electron chi connectivity index (χ0n) is 10.8. The van der Waals surface area contributed by atoms with E-state index in [-0.39, 0.29) is 12.5 Å². The van der Waals surface area contributed by atoms with Gasteiger partial charge in [-0.1, -0.05) is 24.3 Å². The van der Waals surface area contributed by atoms with Crippen LogP contribution in [0, 0.1) is 3.57 Å². The Labute approximate surface area is 144 Å². The highest BCUT2D eigenvalue weighted by Crippen LogP contribution is 2.18. The fourth-order valence-corrected chi connectivity index (χ4v) is 2.55. The van der Waals surface area contributed by atoms with Crippen molar-refractivity contribution < 1.29 is 14.3 Å². The Morgan fingerprint density at radius 3 is 2.48 bits per heavy atom. The number of benzene rings is 2. The molecular formula is C15H11BrINO3. The second-order valence-corrected chi connectivity index (χ2v) is 6.10. The predicted molar refractivity (Wildman–Crippen MR) is 92.2 cm³/mol. The Balaban J connectivity index is 1.91. The van der Waals surface area contributed by atoms with Crippen molar-refractivity contribution in [2.24, 2.45) is 0 Å². The van der Waals surface area contributed by atoms with Crippen molar-refractivity contribution in [1.82, 2.24) is 0 Å².